The molecule has 1 N–H and O–H groups in total. The van der Waals surface area contributed by atoms with E-state index in [9.17, 15) is 0 Å². The number of aromatic amines is 1. The second kappa shape index (κ2) is 4.25. The largest absolute Gasteiger partial charge is 0.197 e. The zero-order chi connectivity index (χ0) is 9.80. The molecule has 0 saturated heterocycles. The average molecular weight is 250 g/mol. The lowest BCUT2D eigenvalue weighted by molar-refractivity contribution is 0.959. The van der Waals surface area contributed by atoms with Crippen molar-refractivity contribution in [1.29, 1.82) is 0 Å². The molecule has 0 aliphatic rings. The molecule has 0 saturated carbocycles. The molecular formula is C10H8BrN3. The van der Waals surface area contributed by atoms with Crippen molar-refractivity contribution >= 4 is 27.0 Å². The molecule has 0 aliphatic carbocycles. The zero-order valence-corrected chi connectivity index (χ0v) is 9.00. The highest BCUT2D eigenvalue weighted by atomic mass is 79.9. The standard InChI is InChI=1S/C10H8BrN3/c11-6-2-1-3-8-4-5-9-10(7-8)13-14-12-9/h4-5,7H,2,6H2,(H,12,13,14). The van der Waals surface area contributed by atoms with E-state index in [-0.39, 0.29) is 0 Å². The smallest absolute Gasteiger partial charge is 0.114 e. The Morgan fingerprint density at radius 1 is 1.29 bits per heavy atom. The van der Waals surface area contributed by atoms with E-state index in [1.54, 1.807) is 0 Å². The van der Waals surface area contributed by atoms with Crippen molar-refractivity contribution < 1.29 is 0 Å². The Kier molecular flexibility index (Phi) is 2.80. The first kappa shape index (κ1) is 9.22. The molecule has 0 radical (unpaired) electrons. The second-order valence-electron chi connectivity index (χ2n) is 2.77. The van der Waals surface area contributed by atoms with Crippen LogP contribution in [0.4, 0.5) is 0 Å². The Morgan fingerprint density at radius 2 is 2.14 bits per heavy atom. The first-order valence-corrected chi connectivity index (χ1v) is 5.37. The third kappa shape index (κ3) is 1.94. The van der Waals surface area contributed by atoms with Crippen LogP contribution in [0.15, 0.2) is 18.2 Å². The normalized spacial score (nSPS) is 9.79. The van der Waals surface area contributed by atoms with Gasteiger partial charge in [0, 0.05) is 17.3 Å². The molecule has 14 heavy (non-hydrogen) atoms. The van der Waals surface area contributed by atoms with Crippen LogP contribution in [0.3, 0.4) is 0 Å². The second-order valence-corrected chi connectivity index (χ2v) is 3.56. The summed E-state index contributed by atoms with van der Waals surface area (Å²) in [6.45, 7) is 0. The van der Waals surface area contributed by atoms with Crippen LogP contribution >= 0.6 is 15.9 Å². The highest BCUT2D eigenvalue weighted by molar-refractivity contribution is 9.09. The van der Waals surface area contributed by atoms with Gasteiger partial charge >= 0.3 is 0 Å². The lowest BCUT2D eigenvalue weighted by Crippen LogP contribution is -1.75. The van der Waals surface area contributed by atoms with Crippen molar-refractivity contribution in [1.82, 2.24) is 15.4 Å². The first-order chi connectivity index (χ1) is 6.90. The lowest BCUT2D eigenvalue weighted by atomic mass is 10.2. The predicted octanol–water partition coefficient (Wildman–Crippen LogP) is 2.09. The van der Waals surface area contributed by atoms with Crippen LogP contribution in [0.2, 0.25) is 0 Å². The van der Waals surface area contributed by atoms with Crippen LogP contribution in [0.5, 0.6) is 0 Å². The van der Waals surface area contributed by atoms with Crippen molar-refractivity contribution in [3.05, 3.63) is 23.8 Å². The molecule has 4 heteroatoms. The van der Waals surface area contributed by atoms with Crippen molar-refractivity contribution in [3.8, 4) is 11.8 Å². The molecule has 0 spiro atoms. The number of halogens is 1. The minimum Gasteiger partial charge on any atom is -0.197 e. The molecule has 0 fully saturated rings. The van der Waals surface area contributed by atoms with Crippen molar-refractivity contribution in [3.63, 3.8) is 0 Å². The van der Waals surface area contributed by atoms with Gasteiger partial charge in [0.2, 0.25) is 0 Å². The fourth-order valence-electron chi connectivity index (χ4n) is 1.13. The molecular weight excluding hydrogens is 242 g/mol. The summed E-state index contributed by atoms with van der Waals surface area (Å²) in [6, 6.07) is 5.79. The van der Waals surface area contributed by atoms with Crippen molar-refractivity contribution in [2.75, 3.05) is 5.33 Å². The van der Waals surface area contributed by atoms with Crippen molar-refractivity contribution in [2.45, 2.75) is 6.42 Å². The maximum atomic E-state index is 3.99. The fourth-order valence-corrected chi connectivity index (χ4v) is 1.33. The van der Waals surface area contributed by atoms with Gasteiger partial charge in [0.15, 0.2) is 0 Å². The summed E-state index contributed by atoms with van der Waals surface area (Å²) in [5, 5.41) is 11.4. The van der Waals surface area contributed by atoms with E-state index in [2.05, 4.69) is 43.2 Å². The highest BCUT2D eigenvalue weighted by Gasteiger charge is 1.96. The van der Waals surface area contributed by atoms with Crippen LogP contribution in [-0.4, -0.2) is 20.7 Å². The lowest BCUT2D eigenvalue weighted by Gasteiger charge is -1.88. The Labute approximate surface area is 90.0 Å². The van der Waals surface area contributed by atoms with E-state index in [0.717, 1.165) is 28.3 Å². The molecule has 0 amide bonds. The van der Waals surface area contributed by atoms with Gasteiger partial charge in [0.05, 0.1) is 0 Å². The average Bonchev–Trinajstić information content (AvgIpc) is 2.65. The molecule has 1 aromatic carbocycles. The van der Waals surface area contributed by atoms with Gasteiger partial charge in [-0.05, 0) is 18.2 Å². The molecule has 2 rings (SSSR count). The molecule has 2 aromatic rings. The third-order valence-corrected chi connectivity index (χ3v) is 2.17. The molecule has 0 atom stereocenters. The van der Waals surface area contributed by atoms with Gasteiger partial charge in [-0.2, -0.15) is 15.4 Å². The number of hydrogen-bond donors (Lipinski definition) is 1. The Hall–Kier alpha value is -1.34. The van der Waals surface area contributed by atoms with Crippen LogP contribution in [0.1, 0.15) is 12.0 Å². The molecule has 0 bridgehead atoms. The van der Waals surface area contributed by atoms with Gasteiger partial charge in [-0.15, -0.1) is 0 Å². The monoisotopic (exact) mass is 249 g/mol. The maximum Gasteiger partial charge on any atom is 0.114 e. The summed E-state index contributed by atoms with van der Waals surface area (Å²) in [5.74, 6) is 6.12. The van der Waals surface area contributed by atoms with E-state index in [4.69, 9.17) is 0 Å². The van der Waals surface area contributed by atoms with Gasteiger partial charge in [0.25, 0.3) is 0 Å². The summed E-state index contributed by atoms with van der Waals surface area (Å²) in [4.78, 5) is 0. The molecule has 1 heterocycles. The van der Waals surface area contributed by atoms with Crippen LogP contribution < -0.4 is 0 Å². The number of rotatable bonds is 1. The zero-order valence-electron chi connectivity index (χ0n) is 7.42. The Morgan fingerprint density at radius 3 is 3.00 bits per heavy atom. The SMILES string of the molecule is BrCCC#Cc1ccc2n[nH]nc2c1. The predicted molar refractivity (Wildman–Crippen MR) is 59.2 cm³/mol. The minimum atomic E-state index is 0.857. The number of H-pyrrole nitrogens is 1. The third-order valence-electron chi connectivity index (χ3n) is 1.77. The number of benzene rings is 1. The first-order valence-electron chi connectivity index (χ1n) is 4.25. The quantitative estimate of drug-likeness (QED) is 0.622. The summed E-state index contributed by atoms with van der Waals surface area (Å²) in [6.07, 6.45) is 0.858. The minimum absolute atomic E-state index is 0.857. The van der Waals surface area contributed by atoms with E-state index in [0.29, 0.717) is 0 Å². The molecule has 3 nitrogen and oxygen atoms in total. The van der Waals surface area contributed by atoms with Crippen LogP contribution in [-0.2, 0) is 0 Å². The Balaban J connectivity index is 2.31. The van der Waals surface area contributed by atoms with Crippen molar-refractivity contribution in [2.24, 2.45) is 0 Å². The highest BCUT2D eigenvalue weighted by Crippen LogP contribution is 2.09. The number of aromatic nitrogens is 3. The number of hydrogen-bond acceptors (Lipinski definition) is 2. The summed E-state index contributed by atoms with van der Waals surface area (Å²) in [7, 11) is 0. The molecule has 0 unspecified atom stereocenters. The van der Waals surface area contributed by atoms with Gasteiger partial charge < -0.3 is 0 Å². The van der Waals surface area contributed by atoms with Gasteiger partial charge in [0.1, 0.15) is 11.0 Å². The molecule has 1 aromatic heterocycles. The number of fused-ring (bicyclic) bond motifs is 1. The van der Waals surface area contributed by atoms with Gasteiger partial charge in [-0.3, -0.25) is 0 Å². The maximum absolute atomic E-state index is 3.99. The van der Waals surface area contributed by atoms with Crippen LogP contribution in [0, 0.1) is 11.8 Å². The van der Waals surface area contributed by atoms with E-state index >= 15 is 0 Å². The number of nitrogens with one attached hydrogen (secondary N) is 1. The number of alkyl halides is 1. The topological polar surface area (TPSA) is 41.6 Å². The fraction of sp³-hybridized carbons (Fsp3) is 0.200. The number of nitrogens with zero attached hydrogens (tertiary/aromatic N) is 2. The summed E-state index contributed by atoms with van der Waals surface area (Å²) >= 11 is 3.33. The van der Waals surface area contributed by atoms with E-state index in [1.807, 2.05) is 18.2 Å². The summed E-state index contributed by atoms with van der Waals surface area (Å²) in [5.41, 5.74) is 2.71. The van der Waals surface area contributed by atoms with E-state index < -0.39 is 0 Å². The van der Waals surface area contributed by atoms with Gasteiger partial charge in [-0.1, -0.05) is 27.8 Å². The Bertz CT molecular complexity index is 493. The van der Waals surface area contributed by atoms with E-state index in [1.165, 1.54) is 0 Å². The molecule has 70 valence electrons. The summed E-state index contributed by atoms with van der Waals surface area (Å²) < 4.78 is 0. The van der Waals surface area contributed by atoms with Crippen LogP contribution in [0.25, 0.3) is 11.0 Å². The van der Waals surface area contributed by atoms with Gasteiger partial charge in [-0.25, -0.2) is 0 Å². The molecule has 0 aliphatic heterocycles.